The highest BCUT2D eigenvalue weighted by molar-refractivity contribution is 8.02. The molecule has 0 radical (unpaired) electrons. The molecule has 13 atom stereocenters. The van der Waals surface area contributed by atoms with Crippen LogP contribution >= 0.6 is 26.7 Å². The van der Waals surface area contributed by atoms with E-state index < -0.39 is 0 Å². The summed E-state index contributed by atoms with van der Waals surface area (Å²) in [5.41, 5.74) is 2.47. The highest BCUT2D eigenvalue weighted by Crippen LogP contribution is 2.40. The van der Waals surface area contributed by atoms with E-state index in [4.69, 9.17) is 23.5 Å². The Kier molecular flexibility index (Phi) is 14.0. The molecule has 3 aliphatic heterocycles. The van der Waals surface area contributed by atoms with Gasteiger partial charge in [-0.1, -0.05) is 46.8 Å². The van der Waals surface area contributed by atoms with Crippen molar-refractivity contribution in [2.75, 3.05) is 13.3 Å². The molecule has 0 aromatic heterocycles. The summed E-state index contributed by atoms with van der Waals surface area (Å²) in [6, 6.07) is 0. The van der Waals surface area contributed by atoms with E-state index in [-0.39, 0.29) is 42.7 Å². The molecule has 5 unspecified atom stereocenters. The third-order valence-corrected chi connectivity index (χ3v) is 10.6. The Labute approximate surface area is 233 Å². The van der Waals surface area contributed by atoms with Crippen molar-refractivity contribution in [1.29, 1.82) is 0 Å². The van der Waals surface area contributed by atoms with E-state index in [0.29, 0.717) is 17.9 Å². The molecule has 0 bridgehead atoms. The lowest BCUT2D eigenvalue weighted by molar-refractivity contribution is -0.0765. The normalized spacial score (nSPS) is 37.7. The topological polar surface area (TPSA) is 46.2 Å². The highest BCUT2D eigenvalue weighted by Gasteiger charge is 2.45. The molecule has 0 aromatic carbocycles. The lowest BCUT2D eigenvalue weighted by Gasteiger charge is -2.38. The van der Waals surface area contributed by atoms with Gasteiger partial charge in [0.05, 0.1) is 48.8 Å². The molecular weight excluding hydrogens is 521 g/mol. The van der Waals surface area contributed by atoms with Crippen LogP contribution < -0.4 is 0 Å². The Hall–Kier alpha value is 0.570. The molecule has 3 aliphatic rings. The first-order valence-electron chi connectivity index (χ1n) is 14.5. The van der Waals surface area contributed by atoms with E-state index in [1.807, 2.05) is 0 Å². The lowest BCUT2D eigenvalue weighted by atomic mass is 9.83. The molecule has 3 rings (SSSR count). The molecule has 3 saturated heterocycles. The maximum atomic E-state index is 6.69. The molecular formula is C29H53O5P3. The van der Waals surface area contributed by atoms with Crippen LogP contribution in [0.4, 0.5) is 0 Å². The molecule has 0 aliphatic carbocycles. The average molecular weight is 575 g/mol. The Morgan fingerprint density at radius 1 is 1.05 bits per heavy atom. The number of ether oxygens (including phenoxy) is 4. The van der Waals surface area contributed by atoms with Gasteiger partial charge in [0.2, 0.25) is 0 Å². The predicted octanol–water partition coefficient (Wildman–Crippen LogP) is 7.25. The van der Waals surface area contributed by atoms with Crippen LogP contribution in [0, 0.1) is 11.8 Å². The lowest BCUT2D eigenvalue weighted by Crippen LogP contribution is -2.37. The predicted molar refractivity (Wildman–Crippen MR) is 163 cm³/mol. The molecule has 0 spiro atoms. The smallest absolute Gasteiger partial charge is 0.0884 e. The fourth-order valence-electron chi connectivity index (χ4n) is 6.40. The maximum absolute atomic E-state index is 6.69. The van der Waals surface area contributed by atoms with Crippen LogP contribution in [-0.2, 0) is 23.5 Å². The Morgan fingerprint density at radius 2 is 1.81 bits per heavy atom. The van der Waals surface area contributed by atoms with Crippen LogP contribution in [0.25, 0.3) is 0 Å². The third-order valence-electron chi connectivity index (χ3n) is 8.79. The summed E-state index contributed by atoms with van der Waals surface area (Å²) in [7, 11) is 7.94. The zero-order chi connectivity index (χ0) is 26.9. The van der Waals surface area contributed by atoms with Crippen LogP contribution in [0.3, 0.4) is 0 Å². The maximum Gasteiger partial charge on any atom is 0.0884 e. The van der Waals surface area contributed by atoms with Crippen molar-refractivity contribution in [3.8, 4) is 0 Å². The van der Waals surface area contributed by atoms with Crippen LogP contribution in [0.15, 0.2) is 24.3 Å². The van der Waals surface area contributed by atoms with Crippen molar-refractivity contribution in [3.05, 3.63) is 24.3 Å². The molecule has 0 N–H and O–H groups in total. The largest absolute Gasteiger partial charge is 0.378 e. The molecule has 3 heterocycles. The van der Waals surface area contributed by atoms with Gasteiger partial charge in [-0.05, 0) is 61.8 Å². The third kappa shape index (κ3) is 9.03. The summed E-state index contributed by atoms with van der Waals surface area (Å²) in [5, 5.41) is 0. The summed E-state index contributed by atoms with van der Waals surface area (Å²) < 4.78 is 31.3. The van der Waals surface area contributed by atoms with Crippen LogP contribution in [-0.4, -0.2) is 62.1 Å². The summed E-state index contributed by atoms with van der Waals surface area (Å²) in [4.78, 5) is 0. The van der Waals surface area contributed by atoms with Gasteiger partial charge < -0.3 is 23.5 Å². The monoisotopic (exact) mass is 574 g/mol. The fourth-order valence-corrected chi connectivity index (χ4v) is 7.64. The molecule has 214 valence electrons. The van der Waals surface area contributed by atoms with Crippen molar-refractivity contribution in [2.24, 2.45) is 11.8 Å². The van der Waals surface area contributed by atoms with Gasteiger partial charge in [-0.15, -0.1) is 17.2 Å². The van der Waals surface area contributed by atoms with Crippen molar-refractivity contribution < 1.29 is 23.5 Å². The van der Waals surface area contributed by atoms with Gasteiger partial charge in [0.15, 0.2) is 0 Å². The standard InChI is InChI=1S/C29H53O5P3/c1-7-8-9-22-15-19(3)25(31-22)11-10-23-14-18(2)20(4)26(32-23)17-27-21(5)29(30-6)28(33-27)16-24(34-35)12-13-37-36/h18,21-29,37H,3-4,7-17,35-36H2,1-2,5-6H3/t18-,21+,22+,23+,24-,25?,26?,27+,28-,29-/m1/s1. The minimum Gasteiger partial charge on any atom is -0.378 e. The number of unbranched alkanes of at least 4 members (excludes halogenated alkanes) is 1. The second kappa shape index (κ2) is 16.1. The average Bonchev–Trinajstić information content (AvgIpc) is 3.39. The molecule has 8 heteroatoms. The second-order valence-electron chi connectivity index (χ2n) is 11.5. The number of hydrogen-bond donors (Lipinski definition) is 0. The van der Waals surface area contributed by atoms with Gasteiger partial charge in [0, 0.05) is 35.3 Å². The Bertz CT molecular complexity index is 722. The Morgan fingerprint density at radius 3 is 2.49 bits per heavy atom. The molecule has 3 fully saturated rings. The van der Waals surface area contributed by atoms with E-state index in [0.717, 1.165) is 65.8 Å². The number of methoxy groups -OCH3 is 1. The first kappa shape index (κ1) is 32.1. The first-order valence-corrected chi connectivity index (χ1v) is 17.9. The van der Waals surface area contributed by atoms with Crippen molar-refractivity contribution >= 4 is 26.7 Å². The van der Waals surface area contributed by atoms with Gasteiger partial charge in [0.1, 0.15) is 0 Å². The quantitative estimate of drug-likeness (QED) is 0.152. The van der Waals surface area contributed by atoms with Crippen LogP contribution in [0.5, 0.6) is 0 Å². The fraction of sp³-hybridized carbons (Fsp3) is 0.862. The van der Waals surface area contributed by atoms with Gasteiger partial charge in [-0.25, -0.2) is 0 Å². The van der Waals surface area contributed by atoms with Gasteiger partial charge in [0.25, 0.3) is 0 Å². The highest BCUT2D eigenvalue weighted by atomic mass is 32.0. The van der Waals surface area contributed by atoms with Gasteiger partial charge >= 0.3 is 0 Å². The minimum absolute atomic E-state index is 0.0227. The SMILES string of the molecule is C=C1C[C@H](CCCC)OC1CC[C@H]1C[C@@H](C)C(=C)C(C[C@@H]2O[C@H](C[C@@H](CCPP)OP)[C@H](OC)[C@H]2C)O1. The molecule has 5 nitrogen and oxygen atoms in total. The van der Waals surface area contributed by atoms with Crippen molar-refractivity contribution in [2.45, 2.75) is 134 Å². The zero-order valence-electron chi connectivity index (χ0n) is 23.7. The minimum atomic E-state index is 0.0227. The van der Waals surface area contributed by atoms with Crippen LogP contribution in [0.1, 0.15) is 85.0 Å². The zero-order valence-corrected chi connectivity index (χ0v) is 27.0. The number of hydrogen-bond acceptors (Lipinski definition) is 5. The van der Waals surface area contributed by atoms with Gasteiger partial charge in [-0.2, -0.15) is 0 Å². The van der Waals surface area contributed by atoms with E-state index in [1.165, 1.54) is 24.0 Å². The van der Waals surface area contributed by atoms with Crippen LogP contribution in [0.2, 0.25) is 0 Å². The molecule has 0 aromatic rings. The van der Waals surface area contributed by atoms with E-state index in [9.17, 15) is 0 Å². The van der Waals surface area contributed by atoms with Gasteiger partial charge in [-0.3, -0.25) is 0 Å². The molecule has 0 saturated carbocycles. The number of rotatable bonds is 15. The summed E-state index contributed by atoms with van der Waals surface area (Å²) in [6.07, 6.45) is 12.7. The molecule has 0 amide bonds. The van der Waals surface area contributed by atoms with E-state index >= 15 is 0 Å². The Balaban J connectivity index is 1.54. The first-order chi connectivity index (χ1) is 17.8. The van der Waals surface area contributed by atoms with E-state index in [1.54, 1.807) is 7.11 Å². The van der Waals surface area contributed by atoms with Crippen molar-refractivity contribution in [1.82, 2.24) is 0 Å². The van der Waals surface area contributed by atoms with Crippen molar-refractivity contribution in [3.63, 3.8) is 0 Å². The van der Waals surface area contributed by atoms with E-state index in [2.05, 4.69) is 52.3 Å². The molecule has 37 heavy (non-hydrogen) atoms. The second-order valence-corrected chi connectivity index (χ2v) is 13.9. The summed E-state index contributed by atoms with van der Waals surface area (Å²) in [6.45, 7) is 15.6. The summed E-state index contributed by atoms with van der Waals surface area (Å²) in [5.74, 6) is 0.744. The summed E-state index contributed by atoms with van der Waals surface area (Å²) >= 11 is 0.